The molecule has 1 N–H and O–H groups in total. The summed E-state index contributed by atoms with van der Waals surface area (Å²) in [4.78, 5) is 29.2. The van der Waals surface area contributed by atoms with E-state index in [1.807, 2.05) is 0 Å². The van der Waals surface area contributed by atoms with Crippen molar-refractivity contribution in [3.63, 3.8) is 0 Å². The Hall–Kier alpha value is -2.74. The summed E-state index contributed by atoms with van der Waals surface area (Å²) < 4.78 is 19.8. The number of esters is 1. The first-order valence-corrected chi connectivity index (χ1v) is 8.54. The summed E-state index contributed by atoms with van der Waals surface area (Å²) in [6, 6.07) is 7.17. The molecule has 2 heterocycles. The van der Waals surface area contributed by atoms with Crippen LogP contribution in [0.25, 0.3) is 11.0 Å². The van der Waals surface area contributed by atoms with Gasteiger partial charge in [0.05, 0.1) is 18.5 Å². The van der Waals surface area contributed by atoms with E-state index in [2.05, 4.69) is 20.9 Å². The van der Waals surface area contributed by atoms with Crippen LogP contribution in [-0.2, 0) is 11.3 Å². The molecule has 0 unspecified atom stereocenters. The minimum Gasteiger partial charge on any atom is -0.506 e. The number of fused-ring (bicyclic) bond motifs is 1. The highest BCUT2D eigenvalue weighted by atomic mass is 79.9. The summed E-state index contributed by atoms with van der Waals surface area (Å²) >= 11 is 3.26. The molecule has 0 spiro atoms. The Balaban J connectivity index is 2.27. The number of aromatic hydroxyl groups is 1. The van der Waals surface area contributed by atoms with Gasteiger partial charge in [-0.2, -0.15) is 0 Å². The van der Waals surface area contributed by atoms with Gasteiger partial charge in [0.15, 0.2) is 5.56 Å². The Morgan fingerprint density at radius 2 is 2.04 bits per heavy atom. The first-order valence-electron chi connectivity index (χ1n) is 7.75. The Morgan fingerprint density at radius 3 is 2.69 bits per heavy atom. The Labute approximate surface area is 156 Å². The van der Waals surface area contributed by atoms with E-state index in [4.69, 9.17) is 4.74 Å². The van der Waals surface area contributed by atoms with Crippen molar-refractivity contribution in [2.45, 2.75) is 13.5 Å². The number of ether oxygens (including phenoxy) is 1. The lowest BCUT2D eigenvalue weighted by atomic mass is 10.1. The van der Waals surface area contributed by atoms with Gasteiger partial charge in [-0.3, -0.25) is 9.36 Å². The number of aromatic nitrogens is 2. The second-order valence-corrected chi connectivity index (χ2v) is 6.40. The molecule has 0 aliphatic rings. The molecule has 0 saturated heterocycles. The van der Waals surface area contributed by atoms with Crippen LogP contribution in [0.2, 0.25) is 0 Å². The van der Waals surface area contributed by atoms with E-state index in [0.29, 0.717) is 10.0 Å². The van der Waals surface area contributed by atoms with Crippen molar-refractivity contribution in [3.8, 4) is 5.75 Å². The molecule has 0 amide bonds. The fraction of sp³-hybridized carbons (Fsp3) is 0.167. The highest BCUT2D eigenvalue weighted by Gasteiger charge is 2.24. The minimum absolute atomic E-state index is 0.0525. The molecule has 0 aliphatic heterocycles. The molecule has 0 saturated carbocycles. The van der Waals surface area contributed by atoms with Crippen LogP contribution in [0.1, 0.15) is 22.8 Å². The van der Waals surface area contributed by atoms with E-state index in [1.54, 1.807) is 13.0 Å². The van der Waals surface area contributed by atoms with Gasteiger partial charge in [-0.15, -0.1) is 0 Å². The van der Waals surface area contributed by atoms with Crippen molar-refractivity contribution >= 4 is 32.9 Å². The summed E-state index contributed by atoms with van der Waals surface area (Å²) in [6.07, 6.45) is 1.48. The van der Waals surface area contributed by atoms with Crippen LogP contribution in [0, 0.1) is 5.82 Å². The monoisotopic (exact) mass is 420 g/mol. The molecule has 0 aliphatic carbocycles. The lowest BCUT2D eigenvalue weighted by Crippen LogP contribution is -2.29. The molecule has 0 bridgehead atoms. The van der Waals surface area contributed by atoms with E-state index in [-0.39, 0.29) is 24.2 Å². The van der Waals surface area contributed by atoms with Gasteiger partial charge < -0.3 is 9.84 Å². The Bertz CT molecular complexity index is 1050. The summed E-state index contributed by atoms with van der Waals surface area (Å²) in [6.45, 7) is 1.71. The molecule has 0 radical (unpaired) electrons. The lowest BCUT2D eigenvalue weighted by Gasteiger charge is -2.14. The molecule has 2 aromatic heterocycles. The molecule has 0 fully saturated rings. The average molecular weight is 421 g/mol. The van der Waals surface area contributed by atoms with Crippen molar-refractivity contribution in [3.05, 3.63) is 68.3 Å². The molecule has 3 rings (SSSR count). The van der Waals surface area contributed by atoms with Crippen LogP contribution in [0.3, 0.4) is 0 Å². The van der Waals surface area contributed by atoms with E-state index < -0.39 is 28.7 Å². The van der Waals surface area contributed by atoms with Crippen LogP contribution < -0.4 is 5.56 Å². The number of rotatable bonds is 4. The number of hydrogen-bond donors (Lipinski definition) is 1. The van der Waals surface area contributed by atoms with Gasteiger partial charge in [0.2, 0.25) is 0 Å². The number of hydrogen-bond acceptors (Lipinski definition) is 5. The topological polar surface area (TPSA) is 81.4 Å². The molecule has 6 nitrogen and oxygen atoms in total. The van der Waals surface area contributed by atoms with E-state index >= 15 is 0 Å². The lowest BCUT2D eigenvalue weighted by molar-refractivity contribution is 0.0520. The van der Waals surface area contributed by atoms with Crippen molar-refractivity contribution in [2.24, 2.45) is 0 Å². The van der Waals surface area contributed by atoms with Gasteiger partial charge in [0.1, 0.15) is 17.2 Å². The van der Waals surface area contributed by atoms with E-state index in [0.717, 1.165) is 0 Å². The Kier molecular flexibility index (Phi) is 5.03. The molecule has 0 atom stereocenters. The summed E-state index contributed by atoms with van der Waals surface area (Å²) in [5.74, 6) is -1.79. The van der Waals surface area contributed by atoms with Crippen molar-refractivity contribution in [1.29, 1.82) is 0 Å². The maximum atomic E-state index is 13.1. The highest BCUT2D eigenvalue weighted by molar-refractivity contribution is 9.10. The zero-order chi connectivity index (χ0) is 18.8. The van der Waals surface area contributed by atoms with Crippen molar-refractivity contribution < 1.29 is 19.0 Å². The van der Waals surface area contributed by atoms with Crippen LogP contribution in [0.4, 0.5) is 4.39 Å². The molecular formula is C18H14BrFN2O4. The SMILES string of the molecule is CCOC(=O)c1c(O)c2cc(Br)cnc2n(Cc2ccc(F)cc2)c1=O. The van der Waals surface area contributed by atoms with Gasteiger partial charge in [0, 0.05) is 10.7 Å². The van der Waals surface area contributed by atoms with Crippen LogP contribution >= 0.6 is 15.9 Å². The molecule has 3 aromatic rings. The van der Waals surface area contributed by atoms with E-state index in [9.17, 15) is 19.1 Å². The summed E-state index contributed by atoms with van der Waals surface area (Å²) in [7, 11) is 0. The first-order chi connectivity index (χ1) is 12.4. The maximum Gasteiger partial charge on any atom is 0.347 e. The normalized spacial score (nSPS) is 10.9. The second-order valence-electron chi connectivity index (χ2n) is 5.49. The number of carbonyl (C=O) groups excluding carboxylic acids is 1. The fourth-order valence-corrected chi connectivity index (χ4v) is 2.93. The molecule has 26 heavy (non-hydrogen) atoms. The third-order valence-corrected chi connectivity index (χ3v) is 4.21. The molecule has 8 heteroatoms. The van der Waals surface area contributed by atoms with Gasteiger partial charge in [-0.25, -0.2) is 14.2 Å². The minimum atomic E-state index is -0.912. The van der Waals surface area contributed by atoms with Gasteiger partial charge >= 0.3 is 5.97 Å². The van der Waals surface area contributed by atoms with Crippen molar-refractivity contribution in [2.75, 3.05) is 6.61 Å². The van der Waals surface area contributed by atoms with Crippen molar-refractivity contribution in [1.82, 2.24) is 9.55 Å². The highest BCUT2D eigenvalue weighted by Crippen LogP contribution is 2.28. The predicted octanol–water partition coefficient (Wildman–Crippen LogP) is 3.23. The number of pyridine rings is 2. The second kappa shape index (κ2) is 7.25. The first kappa shape index (κ1) is 18.1. The third kappa shape index (κ3) is 3.32. The zero-order valence-electron chi connectivity index (χ0n) is 13.7. The molecule has 134 valence electrons. The standard InChI is InChI=1S/C18H14BrFN2O4/c1-2-26-18(25)14-15(23)13-7-11(19)8-21-16(13)22(17(14)24)9-10-3-5-12(20)6-4-10/h3-8,23H,2,9H2,1H3. The molecular weight excluding hydrogens is 407 g/mol. The smallest absolute Gasteiger partial charge is 0.347 e. The van der Waals surface area contributed by atoms with Crippen LogP contribution in [0.15, 0.2) is 45.8 Å². The number of nitrogens with zero attached hydrogens (tertiary/aromatic N) is 2. The zero-order valence-corrected chi connectivity index (χ0v) is 15.3. The molecule has 1 aromatic carbocycles. The number of benzene rings is 1. The van der Waals surface area contributed by atoms with Gasteiger partial charge in [0.25, 0.3) is 5.56 Å². The fourth-order valence-electron chi connectivity index (χ4n) is 2.59. The number of carbonyl (C=O) groups is 1. The largest absolute Gasteiger partial charge is 0.506 e. The average Bonchev–Trinajstić information content (AvgIpc) is 2.61. The summed E-state index contributed by atoms with van der Waals surface area (Å²) in [5, 5.41) is 10.7. The summed E-state index contributed by atoms with van der Waals surface area (Å²) in [5.41, 5.74) is -0.345. The van der Waals surface area contributed by atoms with Gasteiger partial charge in [-0.1, -0.05) is 12.1 Å². The van der Waals surface area contributed by atoms with Gasteiger partial charge in [-0.05, 0) is 46.6 Å². The quantitative estimate of drug-likeness (QED) is 0.655. The van der Waals surface area contributed by atoms with Crippen LogP contribution in [-0.4, -0.2) is 27.2 Å². The van der Waals surface area contributed by atoms with Crippen LogP contribution in [0.5, 0.6) is 5.75 Å². The third-order valence-electron chi connectivity index (χ3n) is 3.77. The predicted molar refractivity (Wildman–Crippen MR) is 96.8 cm³/mol. The maximum absolute atomic E-state index is 13.1. The Morgan fingerprint density at radius 1 is 1.35 bits per heavy atom. The number of halogens is 2. The van der Waals surface area contributed by atoms with E-state index in [1.165, 1.54) is 35.0 Å².